The van der Waals surface area contributed by atoms with Crippen LogP contribution in [0.15, 0.2) is 36.8 Å². The maximum Gasteiger partial charge on any atom is 0.151 e. The minimum atomic E-state index is 0.261. The Labute approximate surface area is 175 Å². The van der Waals surface area contributed by atoms with E-state index in [0.29, 0.717) is 5.92 Å². The minimum Gasteiger partial charge on any atom is -0.355 e. The number of anilines is 1. The second-order valence-corrected chi connectivity index (χ2v) is 8.37. The molecule has 0 bridgehead atoms. The molecule has 8 heteroatoms. The highest BCUT2D eigenvalue weighted by molar-refractivity contribution is 6.30. The summed E-state index contributed by atoms with van der Waals surface area (Å²) in [5, 5.41) is 9.99. The molecule has 7 nitrogen and oxygen atoms in total. The third-order valence-electron chi connectivity index (χ3n) is 6.22. The van der Waals surface area contributed by atoms with E-state index in [4.69, 9.17) is 11.6 Å². The van der Waals surface area contributed by atoms with Gasteiger partial charge >= 0.3 is 0 Å². The van der Waals surface area contributed by atoms with Gasteiger partial charge in [-0.15, -0.1) is 10.2 Å². The third-order valence-corrected chi connectivity index (χ3v) is 6.46. The number of fused-ring (bicyclic) bond motifs is 3. The average molecular weight is 410 g/mol. The number of aromatic nitrogens is 5. The number of hydrogen-bond acceptors (Lipinski definition) is 6. The van der Waals surface area contributed by atoms with Crippen LogP contribution >= 0.6 is 11.6 Å². The first-order valence-electron chi connectivity index (χ1n) is 10.1. The molecule has 2 aliphatic heterocycles. The molecule has 5 rings (SSSR count). The number of halogens is 1. The summed E-state index contributed by atoms with van der Waals surface area (Å²) in [6.07, 6.45) is 7.33. The van der Waals surface area contributed by atoms with Gasteiger partial charge in [-0.05, 0) is 50.6 Å². The van der Waals surface area contributed by atoms with Crippen molar-refractivity contribution < 1.29 is 0 Å². The smallest absolute Gasteiger partial charge is 0.151 e. The van der Waals surface area contributed by atoms with E-state index in [9.17, 15) is 0 Å². The van der Waals surface area contributed by atoms with Gasteiger partial charge in [0, 0.05) is 42.5 Å². The maximum absolute atomic E-state index is 6.33. The molecule has 2 aromatic heterocycles. The first-order chi connectivity index (χ1) is 14.1. The van der Waals surface area contributed by atoms with Gasteiger partial charge in [-0.3, -0.25) is 14.5 Å². The number of nitrogens with zero attached hydrogens (tertiary/aromatic N) is 7. The van der Waals surface area contributed by atoms with Crippen LogP contribution in [0.25, 0.3) is 5.69 Å². The van der Waals surface area contributed by atoms with Crippen LogP contribution in [0.4, 0.5) is 5.82 Å². The van der Waals surface area contributed by atoms with Gasteiger partial charge in [0.15, 0.2) is 5.82 Å². The van der Waals surface area contributed by atoms with Crippen molar-refractivity contribution in [2.45, 2.75) is 38.3 Å². The molecule has 3 aromatic rings. The predicted octanol–water partition coefficient (Wildman–Crippen LogP) is 3.60. The van der Waals surface area contributed by atoms with Crippen LogP contribution in [0, 0.1) is 0 Å². The molecule has 29 heavy (non-hydrogen) atoms. The van der Waals surface area contributed by atoms with Gasteiger partial charge in [0.2, 0.25) is 0 Å². The lowest BCUT2D eigenvalue weighted by Gasteiger charge is -2.32. The zero-order valence-electron chi connectivity index (χ0n) is 16.7. The van der Waals surface area contributed by atoms with Gasteiger partial charge in [-0.25, -0.2) is 4.98 Å². The fraction of sp³-hybridized carbons (Fsp3) is 0.429. The van der Waals surface area contributed by atoms with Crippen LogP contribution in [0.2, 0.25) is 5.02 Å². The van der Waals surface area contributed by atoms with E-state index in [1.807, 2.05) is 12.3 Å². The molecule has 1 atom stereocenters. The van der Waals surface area contributed by atoms with Gasteiger partial charge in [-0.1, -0.05) is 11.6 Å². The molecular formula is C21H24ClN7. The van der Waals surface area contributed by atoms with Crippen LogP contribution in [0.1, 0.15) is 48.9 Å². The Morgan fingerprint density at radius 2 is 1.93 bits per heavy atom. The largest absolute Gasteiger partial charge is 0.355 e. The van der Waals surface area contributed by atoms with Crippen molar-refractivity contribution in [3.05, 3.63) is 59.0 Å². The van der Waals surface area contributed by atoms with Crippen LogP contribution in [0.5, 0.6) is 0 Å². The van der Waals surface area contributed by atoms with Gasteiger partial charge in [0.1, 0.15) is 11.6 Å². The summed E-state index contributed by atoms with van der Waals surface area (Å²) in [4.78, 5) is 13.2. The van der Waals surface area contributed by atoms with Crippen LogP contribution in [0.3, 0.4) is 0 Å². The van der Waals surface area contributed by atoms with Crippen molar-refractivity contribution in [1.82, 2.24) is 29.6 Å². The van der Waals surface area contributed by atoms with Crippen molar-refractivity contribution in [3.63, 3.8) is 0 Å². The lowest BCUT2D eigenvalue weighted by atomic mass is 9.95. The average Bonchev–Trinajstić information content (AvgIpc) is 3.13. The molecule has 0 spiro atoms. The van der Waals surface area contributed by atoms with E-state index in [0.717, 1.165) is 60.7 Å². The third kappa shape index (κ3) is 3.28. The second kappa shape index (κ2) is 7.39. The van der Waals surface area contributed by atoms with E-state index in [1.165, 1.54) is 5.56 Å². The van der Waals surface area contributed by atoms with Gasteiger partial charge in [-0.2, -0.15) is 0 Å². The molecule has 1 fully saturated rings. The Morgan fingerprint density at radius 1 is 1.10 bits per heavy atom. The van der Waals surface area contributed by atoms with E-state index in [-0.39, 0.29) is 6.04 Å². The zero-order chi connectivity index (χ0) is 20.0. The van der Waals surface area contributed by atoms with Gasteiger partial charge < -0.3 is 4.90 Å². The summed E-state index contributed by atoms with van der Waals surface area (Å²) in [6, 6.07) is 6.41. The molecule has 0 radical (unpaired) electrons. The summed E-state index contributed by atoms with van der Waals surface area (Å²) in [5.41, 5.74) is 2.37. The van der Waals surface area contributed by atoms with Gasteiger partial charge in [0.05, 0.1) is 18.4 Å². The number of hydrogen-bond donors (Lipinski definition) is 0. The molecule has 150 valence electrons. The number of benzene rings is 1. The normalized spacial score (nSPS) is 20.2. The summed E-state index contributed by atoms with van der Waals surface area (Å²) in [7, 11) is 2.12. The van der Waals surface area contributed by atoms with Gasteiger partial charge in [0.25, 0.3) is 0 Å². The maximum atomic E-state index is 6.33. The van der Waals surface area contributed by atoms with Crippen LogP contribution in [-0.4, -0.2) is 49.8 Å². The highest BCUT2D eigenvalue weighted by atomic mass is 35.5. The fourth-order valence-electron chi connectivity index (χ4n) is 4.44. The lowest BCUT2D eigenvalue weighted by Crippen LogP contribution is -2.34. The minimum absolute atomic E-state index is 0.261. The molecule has 4 heterocycles. The quantitative estimate of drug-likeness (QED) is 0.644. The first-order valence-corrected chi connectivity index (χ1v) is 10.4. The molecule has 0 aliphatic carbocycles. The molecule has 2 aliphatic rings. The molecule has 1 unspecified atom stereocenters. The van der Waals surface area contributed by atoms with E-state index >= 15 is 0 Å². The number of rotatable bonds is 2. The lowest BCUT2D eigenvalue weighted by molar-refractivity contribution is 0.251. The first kappa shape index (κ1) is 18.5. The summed E-state index contributed by atoms with van der Waals surface area (Å²) >= 11 is 6.33. The fourth-order valence-corrected chi connectivity index (χ4v) is 4.62. The predicted molar refractivity (Wildman–Crippen MR) is 112 cm³/mol. The zero-order valence-corrected chi connectivity index (χ0v) is 17.4. The molecule has 0 amide bonds. The number of piperidine rings is 1. The summed E-state index contributed by atoms with van der Waals surface area (Å²) < 4.78 is 2.27. The molecular weight excluding hydrogens is 386 g/mol. The SMILES string of the molecule is CC1c2cc(Cl)ccc2-n2c(nnc2C2CCN(c3cnccn3)CC2)CN1C. The summed E-state index contributed by atoms with van der Waals surface area (Å²) in [6.45, 7) is 4.86. The van der Waals surface area contributed by atoms with Crippen molar-refractivity contribution in [3.8, 4) is 5.69 Å². The Bertz CT molecular complexity index is 1010. The Balaban J connectivity index is 1.48. The molecule has 0 N–H and O–H groups in total. The topological polar surface area (TPSA) is 63.0 Å². The Hall–Kier alpha value is -2.51. The molecule has 1 aromatic carbocycles. The van der Waals surface area contributed by atoms with Crippen molar-refractivity contribution >= 4 is 17.4 Å². The Morgan fingerprint density at radius 3 is 2.69 bits per heavy atom. The second-order valence-electron chi connectivity index (χ2n) is 7.93. The van der Waals surface area contributed by atoms with Crippen molar-refractivity contribution in [2.24, 2.45) is 0 Å². The van der Waals surface area contributed by atoms with E-state index < -0.39 is 0 Å². The standard InChI is InChI=1S/C21H24ClN7/c1-14-17-11-16(22)3-4-18(17)29-20(13-27(14)2)25-26-21(29)15-5-9-28(10-6-15)19-12-23-7-8-24-19/h3-4,7-8,11-12,14-15H,5-6,9-10,13H2,1-2H3. The van der Waals surface area contributed by atoms with Crippen molar-refractivity contribution in [2.75, 3.05) is 25.0 Å². The molecule has 0 saturated carbocycles. The van der Waals surface area contributed by atoms with E-state index in [2.05, 4.69) is 60.6 Å². The van der Waals surface area contributed by atoms with Crippen molar-refractivity contribution in [1.29, 1.82) is 0 Å². The highest BCUT2D eigenvalue weighted by Gasteiger charge is 2.31. The van der Waals surface area contributed by atoms with Crippen LogP contribution in [-0.2, 0) is 6.54 Å². The highest BCUT2D eigenvalue weighted by Crippen LogP contribution is 2.37. The molecule has 1 saturated heterocycles. The monoisotopic (exact) mass is 409 g/mol. The Kier molecular flexibility index (Phi) is 4.72. The van der Waals surface area contributed by atoms with Crippen LogP contribution < -0.4 is 4.90 Å². The summed E-state index contributed by atoms with van der Waals surface area (Å²) in [5.74, 6) is 3.37. The van der Waals surface area contributed by atoms with E-state index in [1.54, 1.807) is 12.4 Å².